The van der Waals surface area contributed by atoms with Gasteiger partial charge in [0, 0.05) is 5.69 Å². The summed E-state index contributed by atoms with van der Waals surface area (Å²) >= 11 is 0. The lowest BCUT2D eigenvalue weighted by Gasteiger charge is -2.11. The lowest BCUT2D eigenvalue weighted by molar-refractivity contribution is 0.0318. The van der Waals surface area contributed by atoms with Crippen LogP contribution < -0.4 is 11.1 Å². The molecule has 0 atom stereocenters. The molecule has 0 radical (unpaired) electrons. The van der Waals surface area contributed by atoms with Crippen LogP contribution in [-0.4, -0.2) is 18.1 Å². The molecule has 1 aromatic carbocycles. The number of carbonyl (C=O) groups excluding carboxylic acids is 2. The lowest BCUT2D eigenvalue weighted by Crippen LogP contribution is -2.20. The summed E-state index contributed by atoms with van der Waals surface area (Å²) in [7, 11) is 0. The fraction of sp³-hybridized carbons (Fsp3) is 0.385. The molecule has 0 heterocycles. The predicted octanol–water partition coefficient (Wildman–Crippen LogP) is 2.28. The number of rotatable bonds is 3. The molecule has 1 aromatic rings. The number of nitrogens with two attached hydrogens (primary N) is 1. The zero-order valence-electron chi connectivity index (χ0n) is 10.0. The summed E-state index contributed by atoms with van der Waals surface area (Å²) in [4.78, 5) is 22.6. The van der Waals surface area contributed by atoms with Crippen LogP contribution in [0, 0.1) is 0 Å². The molecule has 1 fully saturated rings. The van der Waals surface area contributed by atoms with Crippen molar-refractivity contribution in [2.24, 2.45) is 5.73 Å². The van der Waals surface area contributed by atoms with E-state index in [0.717, 1.165) is 25.7 Å². The first-order chi connectivity index (χ1) is 8.65. The highest BCUT2D eigenvalue weighted by atomic mass is 16.5. The van der Waals surface area contributed by atoms with Gasteiger partial charge in [-0.05, 0) is 43.9 Å². The first-order valence-electron chi connectivity index (χ1n) is 6.02. The molecule has 3 N–H and O–H groups in total. The molecule has 5 nitrogen and oxygen atoms in total. The van der Waals surface area contributed by atoms with Gasteiger partial charge in [-0.3, -0.25) is 0 Å². The summed E-state index contributed by atoms with van der Waals surface area (Å²) < 4.78 is 5.37. The van der Waals surface area contributed by atoms with Crippen molar-refractivity contribution < 1.29 is 14.3 Å². The van der Waals surface area contributed by atoms with Crippen molar-refractivity contribution in [3.05, 3.63) is 29.8 Å². The third-order valence-electron chi connectivity index (χ3n) is 2.94. The van der Waals surface area contributed by atoms with E-state index < -0.39 is 6.03 Å². The van der Waals surface area contributed by atoms with E-state index in [4.69, 9.17) is 10.5 Å². The van der Waals surface area contributed by atoms with E-state index in [-0.39, 0.29) is 12.1 Å². The molecule has 2 amide bonds. The fourth-order valence-corrected chi connectivity index (χ4v) is 2.09. The number of hydrogen-bond donors (Lipinski definition) is 2. The minimum atomic E-state index is -0.656. The molecule has 0 bridgehead atoms. The van der Waals surface area contributed by atoms with Crippen LogP contribution in [0.2, 0.25) is 0 Å². The molecular weight excluding hydrogens is 232 g/mol. The summed E-state index contributed by atoms with van der Waals surface area (Å²) in [6.07, 6.45) is 4.13. The van der Waals surface area contributed by atoms with Gasteiger partial charge in [0.25, 0.3) is 0 Å². The van der Waals surface area contributed by atoms with Gasteiger partial charge >= 0.3 is 12.0 Å². The van der Waals surface area contributed by atoms with E-state index in [0.29, 0.717) is 11.3 Å². The molecule has 1 aliphatic rings. The summed E-state index contributed by atoms with van der Waals surface area (Å²) in [6.45, 7) is 0. The maximum absolute atomic E-state index is 11.9. The Morgan fingerprint density at radius 2 is 2.00 bits per heavy atom. The summed E-state index contributed by atoms with van der Waals surface area (Å²) in [6, 6.07) is 5.90. The number of primary amides is 1. The van der Waals surface area contributed by atoms with E-state index in [1.54, 1.807) is 24.3 Å². The number of esters is 1. The summed E-state index contributed by atoms with van der Waals surface area (Å²) in [5.74, 6) is -0.352. The summed E-state index contributed by atoms with van der Waals surface area (Å²) in [5, 5.41) is 2.42. The zero-order valence-corrected chi connectivity index (χ0v) is 10.0. The Bertz CT molecular complexity index is 453. The number of urea groups is 1. The van der Waals surface area contributed by atoms with Crippen LogP contribution >= 0.6 is 0 Å². The van der Waals surface area contributed by atoms with E-state index >= 15 is 0 Å². The van der Waals surface area contributed by atoms with Gasteiger partial charge < -0.3 is 15.8 Å². The number of anilines is 1. The molecule has 1 saturated carbocycles. The average Bonchev–Trinajstić information content (AvgIpc) is 2.81. The quantitative estimate of drug-likeness (QED) is 0.805. The maximum atomic E-state index is 11.9. The number of amides is 2. The number of nitrogens with one attached hydrogen (secondary N) is 1. The van der Waals surface area contributed by atoms with Gasteiger partial charge in [-0.25, -0.2) is 9.59 Å². The highest BCUT2D eigenvalue weighted by Crippen LogP contribution is 2.22. The predicted molar refractivity (Wildman–Crippen MR) is 67.3 cm³/mol. The Labute approximate surface area is 105 Å². The second kappa shape index (κ2) is 5.53. The first kappa shape index (κ1) is 12.4. The minimum Gasteiger partial charge on any atom is -0.459 e. The normalized spacial score (nSPS) is 15.3. The van der Waals surface area contributed by atoms with Gasteiger partial charge in [-0.2, -0.15) is 0 Å². The Kier molecular flexibility index (Phi) is 3.82. The average molecular weight is 248 g/mol. The number of carbonyl (C=O) groups is 2. The molecule has 0 aliphatic heterocycles. The van der Waals surface area contributed by atoms with Gasteiger partial charge in [0.1, 0.15) is 6.10 Å². The standard InChI is InChI=1S/C13H16N2O3/c14-13(17)15-10-5-3-4-9(8-10)12(16)18-11-6-1-2-7-11/h3-5,8,11H,1-2,6-7H2,(H3,14,15,17). The van der Waals surface area contributed by atoms with Crippen LogP contribution in [0.3, 0.4) is 0 Å². The van der Waals surface area contributed by atoms with Crippen LogP contribution in [0.1, 0.15) is 36.0 Å². The van der Waals surface area contributed by atoms with Crippen molar-refractivity contribution in [1.29, 1.82) is 0 Å². The van der Waals surface area contributed by atoms with Crippen LogP contribution in [0.15, 0.2) is 24.3 Å². The maximum Gasteiger partial charge on any atom is 0.338 e. The number of hydrogen-bond acceptors (Lipinski definition) is 3. The number of ether oxygens (including phenoxy) is 1. The second-order valence-corrected chi connectivity index (χ2v) is 4.38. The molecule has 5 heteroatoms. The minimum absolute atomic E-state index is 0.0326. The lowest BCUT2D eigenvalue weighted by atomic mass is 10.2. The third kappa shape index (κ3) is 3.23. The first-order valence-corrected chi connectivity index (χ1v) is 6.02. The Balaban J connectivity index is 2.02. The van der Waals surface area contributed by atoms with Crippen molar-refractivity contribution in [3.63, 3.8) is 0 Å². The van der Waals surface area contributed by atoms with Gasteiger partial charge in [-0.1, -0.05) is 6.07 Å². The van der Waals surface area contributed by atoms with Crippen LogP contribution in [0.5, 0.6) is 0 Å². The highest BCUT2D eigenvalue weighted by molar-refractivity contribution is 5.93. The molecule has 0 saturated heterocycles. The molecule has 0 spiro atoms. The topological polar surface area (TPSA) is 81.4 Å². The van der Waals surface area contributed by atoms with Crippen LogP contribution in [0.4, 0.5) is 10.5 Å². The molecule has 96 valence electrons. The van der Waals surface area contributed by atoms with Crippen molar-refractivity contribution in [2.45, 2.75) is 31.8 Å². The smallest absolute Gasteiger partial charge is 0.338 e. The van der Waals surface area contributed by atoms with Gasteiger partial charge in [0.2, 0.25) is 0 Å². The van der Waals surface area contributed by atoms with E-state index in [9.17, 15) is 9.59 Å². The second-order valence-electron chi connectivity index (χ2n) is 4.38. The van der Waals surface area contributed by atoms with Crippen molar-refractivity contribution in [1.82, 2.24) is 0 Å². The molecule has 1 aliphatic carbocycles. The number of benzene rings is 1. The van der Waals surface area contributed by atoms with Crippen molar-refractivity contribution >= 4 is 17.7 Å². The van der Waals surface area contributed by atoms with Crippen LogP contribution in [0.25, 0.3) is 0 Å². The monoisotopic (exact) mass is 248 g/mol. The molecule has 0 unspecified atom stereocenters. The van der Waals surface area contributed by atoms with Gasteiger partial charge in [0.05, 0.1) is 5.56 Å². The van der Waals surface area contributed by atoms with E-state index in [1.807, 2.05) is 0 Å². The third-order valence-corrected chi connectivity index (χ3v) is 2.94. The van der Waals surface area contributed by atoms with E-state index in [1.165, 1.54) is 0 Å². The van der Waals surface area contributed by atoms with Gasteiger partial charge in [0.15, 0.2) is 0 Å². The molecule has 0 aromatic heterocycles. The Morgan fingerprint density at radius 3 is 2.67 bits per heavy atom. The van der Waals surface area contributed by atoms with E-state index in [2.05, 4.69) is 5.32 Å². The Morgan fingerprint density at radius 1 is 1.28 bits per heavy atom. The van der Waals surface area contributed by atoms with Gasteiger partial charge in [-0.15, -0.1) is 0 Å². The molecule has 2 rings (SSSR count). The highest BCUT2D eigenvalue weighted by Gasteiger charge is 2.20. The molecule has 18 heavy (non-hydrogen) atoms. The molecular formula is C13H16N2O3. The zero-order chi connectivity index (χ0) is 13.0. The van der Waals surface area contributed by atoms with Crippen molar-refractivity contribution in [2.75, 3.05) is 5.32 Å². The van der Waals surface area contributed by atoms with Crippen molar-refractivity contribution in [3.8, 4) is 0 Å². The summed E-state index contributed by atoms with van der Waals surface area (Å²) in [5.41, 5.74) is 5.93. The largest absolute Gasteiger partial charge is 0.459 e. The Hall–Kier alpha value is -2.04. The fourth-order valence-electron chi connectivity index (χ4n) is 2.09. The van der Waals surface area contributed by atoms with Crippen LogP contribution in [-0.2, 0) is 4.74 Å². The SMILES string of the molecule is NC(=O)Nc1cccc(C(=O)OC2CCCC2)c1.